The van der Waals surface area contributed by atoms with Gasteiger partial charge in [0.15, 0.2) is 0 Å². The molecule has 2 rings (SSSR count). The van der Waals surface area contributed by atoms with E-state index in [4.69, 9.17) is 0 Å². The quantitative estimate of drug-likeness (QED) is 0.661. The largest absolute Gasteiger partial charge is 0.384 e. The number of non-ortho nitro benzene ring substituents is 1. The molecule has 0 bridgehead atoms. The molecule has 0 saturated carbocycles. The van der Waals surface area contributed by atoms with Crippen LogP contribution in [-0.4, -0.2) is 21.2 Å². The first-order chi connectivity index (χ1) is 9.06. The van der Waals surface area contributed by atoms with Crippen LogP contribution in [0.15, 0.2) is 30.5 Å². The van der Waals surface area contributed by atoms with Gasteiger partial charge in [-0.05, 0) is 24.6 Å². The second-order valence-electron chi connectivity index (χ2n) is 4.44. The van der Waals surface area contributed by atoms with Crippen LogP contribution in [0.2, 0.25) is 0 Å². The normalized spacial score (nSPS) is 10.4. The molecular weight excluding hydrogens is 244 g/mol. The molecule has 6 nitrogen and oxygen atoms in total. The summed E-state index contributed by atoms with van der Waals surface area (Å²) in [5.41, 5.74) is 2.88. The second kappa shape index (κ2) is 5.51. The Morgan fingerprint density at radius 3 is 2.84 bits per heavy atom. The first-order valence-electron chi connectivity index (χ1n) is 6.03. The van der Waals surface area contributed by atoms with Crippen molar-refractivity contribution in [3.8, 4) is 0 Å². The van der Waals surface area contributed by atoms with Gasteiger partial charge >= 0.3 is 0 Å². The van der Waals surface area contributed by atoms with E-state index >= 15 is 0 Å². The van der Waals surface area contributed by atoms with Crippen molar-refractivity contribution in [2.24, 2.45) is 7.05 Å². The molecule has 0 saturated heterocycles. The molecule has 1 aromatic carbocycles. The van der Waals surface area contributed by atoms with Crippen molar-refractivity contribution in [1.29, 1.82) is 0 Å². The smallest absolute Gasteiger partial charge is 0.271 e. The van der Waals surface area contributed by atoms with Crippen LogP contribution in [0.25, 0.3) is 0 Å². The SMILES string of the molecule is Cc1cc(NCCc2ccnn2C)cc([N+](=O)[O-])c1. The van der Waals surface area contributed by atoms with Crippen molar-refractivity contribution in [1.82, 2.24) is 9.78 Å². The average Bonchev–Trinajstić information content (AvgIpc) is 2.74. The number of aryl methyl sites for hydroxylation is 2. The van der Waals surface area contributed by atoms with E-state index in [1.807, 2.05) is 30.8 Å². The Morgan fingerprint density at radius 1 is 1.42 bits per heavy atom. The molecule has 19 heavy (non-hydrogen) atoms. The van der Waals surface area contributed by atoms with E-state index in [9.17, 15) is 10.1 Å². The number of aromatic nitrogens is 2. The maximum Gasteiger partial charge on any atom is 0.271 e. The Kier molecular flexibility index (Phi) is 3.79. The fraction of sp³-hybridized carbons (Fsp3) is 0.308. The van der Waals surface area contributed by atoms with Gasteiger partial charge < -0.3 is 5.32 Å². The lowest BCUT2D eigenvalue weighted by molar-refractivity contribution is -0.384. The lowest BCUT2D eigenvalue weighted by Gasteiger charge is -2.07. The average molecular weight is 260 g/mol. The summed E-state index contributed by atoms with van der Waals surface area (Å²) >= 11 is 0. The zero-order chi connectivity index (χ0) is 13.8. The zero-order valence-corrected chi connectivity index (χ0v) is 11.0. The molecule has 0 radical (unpaired) electrons. The summed E-state index contributed by atoms with van der Waals surface area (Å²) in [5.74, 6) is 0. The van der Waals surface area contributed by atoms with Gasteiger partial charge in [-0.1, -0.05) is 0 Å². The summed E-state index contributed by atoms with van der Waals surface area (Å²) in [6.45, 7) is 2.55. The van der Waals surface area contributed by atoms with Crippen LogP contribution in [0.4, 0.5) is 11.4 Å². The molecule has 1 N–H and O–H groups in total. The summed E-state index contributed by atoms with van der Waals surface area (Å²) < 4.78 is 1.82. The molecule has 0 amide bonds. The van der Waals surface area contributed by atoms with E-state index in [1.54, 1.807) is 18.3 Å². The lowest BCUT2D eigenvalue weighted by Crippen LogP contribution is -2.08. The molecular formula is C13H16N4O2. The molecule has 0 aliphatic heterocycles. The highest BCUT2D eigenvalue weighted by Gasteiger charge is 2.07. The maximum absolute atomic E-state index is 10.8. The van der Waals surface area contributed by atoms with Gasteiger partial charge in [-0.25, -0.2) is 0 Å². The molecule has 0 atom stereocenters. The lowest BCUT2D eigenvalue weighted by atomic mass is 10.2. The number of hydrogen-bond donors (Lipinski definition) is 1. The molecule has 0 aliphatic carbocycles. The van der Waals surface area contributed by atoms with Gasteiger partial charge in [0.05, 0.1) is 4.92 Å². The predicted molar refractivity (Wildman–Crippen MR) is 73.2 cm³/mol. The van der Waals surface area contributed by atoms with Gasteiger partial charge in [-0.3, -0.25) is 14.8 Å². The minimum atomic E-state index is -0.376. The third-order valence-electron chi connectivity index (χ3n) is 2.91. The predicted octanol–water partition coefficient (Wildman–Crippen LogP) is 2.29. The van der Waals surface area contributed by atoms with E-state index in [-0.39, 0.29) is 10.6 Å². The first kappa shape index (κ1) is 13.1. The van der Waals surface area contributed by atoms with Gasteiger partial charge in [-0.15, -0.1) is 0 Å². The highest BCUT2D eigenvalue weighted by Crippen LogP contribution is 2.20. The van der Waals surface area contributed by atoms with Gasteiger partial charge in [-0.2, -0.15) is 5.10 Å². The van der Waals surface area contributed by atoms with Gasteiger partial charge in [0.1, 0.15) is 0 Å². The van der Waals surface area contributed by atoms with E-state index in [1.165, 1.54) is 0 Å². The monoisotopic (exact) mass is 260 g/mol. The van der Waals surface area contributed by atoms with Crippen molar-refractivity contribution >= 4 is 11.4 Å². The Hall–Kier alpha value is -2.37. The molecule has 1 heterocycles. The Morgan fingerprint density at radius 2 is 2.21 bits per heavy atom. The van der Waals surface area contributed by atoms with Crippen LogP contribution in [0.3, 0.4) is 0 Å². The van der Waals surface area contributed by atoms with Crippen LogP contribution >= 0.6 is 0 Å². The highest BCUT2D eigenvalue weighted by molar-refractivity contribution is 5.53. The third-order valence-corrected chi connectivity index (χ3v) is 2.91. The van der Waals surface area contributed by atoms with Gasteiger partial charge in [0, 0.05) is 49.7 Å². The van der Waals surface area contributed by atoms with Crippen molar-refractivity contribution in [2.45, 2.75) is 13.3 Å². The van der Waals surface area contributed by atoms with E-state index < -0.39 is 0 Å². The van der Waals surface area contributed by atoms with Crippen LogP contribution in [-0.2, 0) is 13.5 Å². The number of nitro benzene ring substituents is 1. The number of anilines is 1. The fourth-order valence-corrected chi connectivity index (χ4v) is 1.95. The summed E-state index contributed by atoms with van der Waals surface area (Å²) in [7, 11) is 1.90. The highest BCUT2D eigenvalue weighted by atomic mass is 16.6. The van der Waals surface area contributed by atoms with Gasteiger partial charge in [0.25, 0.3) is 5.69 Å². The Labute approximate surface area is 111 Å². The minimum Gasteiger partial charge on any atom is -0.384 e. The van der Waals surface area contributed by atoms with Crippen molar-refractivity contribution in [3.63, 3.8) is 0 Å². The van der Waals surface area contributed by atoms with Gasteiger partial charge in [0.2, 0.25) is 0 Å². The molecule has 0 spiro atoms. The molecule has 6 heteroatoms. The Bertz CT molecular complexity index is 592. The standard InChI is InChI=1S/C13H16N4O2/c1-10-7-11(9-13(8-10)17(18)19)14-5-3-12-4-6-15-16(12)2/h4,6-9,14H,3,5H2,1-2H3. The molecule has 1 aromatic heterocycles. The summed E-state index contributed by atoms with van der Waals surface area (Å²) in [6.07, 6.45) is 2.57. The van der Waals surface area contributed by atoms with Crippen molar-refractivity contribution < 1.29 is 4.92 Å². The number of rotatable bonds is 5. The third kappa shape index (κ3) is 3.31. The fourth-order valence-electron chi connectivity index (χ4n) is 1.95. The number of nitrogens with one attached hydrogen (secondary N) is 1. The van der Waals surface area contributed by atoms with E-state index in [0.717, 1.165) is 23.4 Å². The summed E-state index contributed by atoms with van der Waals surface area (Å²) in [5, 5.41) is 18.1. The summed E-state index contributed by atoms with van der Waals surface area (Å²) in [4.78, 5) is 10.4. The molecule has 0 unspecified atom stereocenters. The number of hydrogen-bond acceptors (Lipinski definition) is 4. The molecule has 0 aliphatic rings. The van der Waals surface area contributed by atoms with E-state index in [0.29, 0.717) is 6.54 Å². The number of benzene rings is 1. The summed E-state index contributed by atoms with van der Waals surface area (Å²) in [6, 6.07) is 6.97. The van der Waals surface area contributed by atoms with Crippen molar-refractivity contribution in [2.75, 3.05) is 11.9 Å². The van der Waals surface area contributed by atoms with Crippen molar-refractivity contribution in [3.05, 3.63) is 51.8 Å². The Balaban J connectivity index is 2.00. The first-order valence-corrected chi connectivity index (χ1v) is 6.03. The second-order valence-corrected chi connectivity index (χ2v) is 4.44. The van der Waals surface area contributed by atoms with E-state index in [2.05, 4.69) is 10.4 Å². The zero-order valence-electron chi connectivity index (χ0n) is 11.0. The van der Waals surface area contributed by atoms with Crippen LogP contribution in [0, 0.1) is 17.0 Å². The van der Waals surface area contributed by atoms with Crippen LogP contribution < -0.4 is 5.32 Å². The number of nitro groups is 1. The number of nitrogens with zero attached hydrogens (tertiary/aromatic N) is 3. The topological polar surface area (TPSA) is 73.0 Å². The molecule has 100 valence electrons. The molecule has 0 fully saturated rings. The molecule has 2 aromatic rings. The minimum absolute atomic E-state index is 0.114. The van der Waals surface area contributed by atoms with Crippen LogP contribution in [0.1, 0.15) is 11.3 Å². The van der Waals surface area contributed by atoms with Crippen LogP contribution in [0.5, 0.6) is 0 Å². The maximum atomic E-state index is 10.8.